The summed E-state index contributed by atoms with van der Waals surface area (Å²) in [5, 5.41) is 12.7. The summed E-state index contributed by atoms with van der Waals surface area (Å²) in [4.78, 5) is 0. The van der Waals surface area contributed by atoms with Crippen molar-refractivity contribution in [1.82, 2.24) is 5.32 Å². The van der Waals surface area contributed by atoms with Gasteiger partial charge in [0, 0.05) is 6.42 Å². The molecule has 0 aromatic heterocycles. The third kappa shape index (κ3) is 5.29. The molecule has 0 bridgehead atoms. The highest BCUT2D eigenvalue weighted by Gasteiger charge is 2.35. The van der Waals surface area contributed by atoms with Crippen LogP contribution in [0.1, 0.15) is 58.8 Å². The summed E-state index contributed by atoms with van der Waals surface area (Å²) in [6, 6.07) is 0. The van der Waals surface area contributed by atoms with Crippen LogP contribution in [0, 0.1) is 0 Å². The van der Waals surface area contributed by atoms with Crippen molar-refractivity contribution in [3.05, 3.63) is 24.6 Å². The molecule has 1 aliphatic rings. The van der Waals surface area contributed by atoms with E-state index in [0.29, 0.717) is 6.17 Å². The van der Waals surface area contributed by atoms with Crippen molar-refractivity contribution in [2.75, 3.05) is 19.7 Å². The van der Waals surface area contributed by atoms with Crippen LogP contribution in [-0.2, 0) is 0 Å². The van der Waals surface area contributed by atoms with Crippen molar-refractivity contribution in [2.24, 2.45) is 0 Å². The van der Waals surface area contributed by atoms with Crippen molar-refractivity contribution in [1.29, 1.82) is 0 Å². The molecule has 3 nitrogen and oxygen atoms in total. The van der Waals surface area contributed by atoms with Crippen LogP contribution in [0.15, 0.2) is 24.6 Å². The lowest BCUT2D eigenvalue weighted by Gasteiger charge is -2.36. The average Bonchev–Trinajstić information content (AvgIpc) is 2.86. The average molecular weight is 281 g/mol. The Hall–Kier alpha value is -0.800. The Balaban J connectivity index is 2.16. The van der Waals surface area contributed by atoms with Crippen LogP contribution in [-0.4, -0.2) is 35.5 Å². The summed E-state index contributed by atoms with van der Waals surface area (Å²) in [5.41, 5.74) is 0. The highest BCUT2D eigenvalue weighted by atomic mass is 16.3. The molecule has 0 fully saturated rings. The number of aliphatic hydroxyl groups is 1. The van der Waals surface area contributed by atoms with Gasteiger partial charge in [-0.1, -0.05) is 31.9 Å². The number of hydrogen-bond donors (Lipinski definition) is 2. The van der Waals surface area contributed by atoms with Gasteiger partial charge in [0.05, 0.1) is 19.4 Å². The van der Waals surface area contributed by atoms with Crippen molar-refractivity contribution in [3.63, 3.8) is 0 Å². The standard InChI is InChI=1S/C17H33N2O/c1-3-5-6-7-8-9-10-11-12-17-18-13-14-19(17,4-2)15-16-20/h5-6,13-14,17-18,20H,3-4,7-12,15-16H2,1-2H3/q+1/b6-5+. The van der Waals surface area contributed by atoms with Crippen LogP contribution in [0.4, 0.5) is 0 Å². The van der Waals surface area contributed by atoms with Gasteiger partial charge in [0.25, 0.3) is 0 Å². The maximum Gasteiger partial charge on any atom is 0.166 e. The molecule has 0 spiro atoms. The maximum absolute atomic E-state index is 9.27. The van der Waals surface area contributed by atoms with Gasteiger partial charge in [-0.05, 0) is 32.6 Å². The molecule has 1 aliphatic heterocycles. The Labute approximate surface area is 125 Å². The lowest BCUT2D eigenvalue weighted by Crippen LogP contribution is -2.54. The van der Waals surface area contributed by atoms with Crippen molar-refractivity contribution < 1.29 is 9.59 Å². The number of hydrogen-bond acceptors (Lipinski definition) is 2. The zero-order chi connectivity index (χ0) is 14.7. The SMILES string of the molecule is CC/C=C/CCCCCCC1NC=C[N+]1(CC)CCO. The molecular formula is C17H33N2O+. The first-order chi connectivity index (χ1) is 9.79. The number of nitrogens with zero attached hydrogens (tertiary/aromatic N) is 1. The second kappa shape index (κ2) is 10.0. The fourth-order valence-electron chi connectivity index (χ4n) is 3.03. The first-order valence-corrected chi connectivity index (χ1v) is 8.35. The number of unbranched alkanes of at least 4 members (excludes halogenated alkanes) is 4. The van der Waals surface area contributed by atoms with Gasteiger partial charge in [-0.3, -0.25) is 4.48 Å². The molecule has 0 saturated heterocycles. The zero-order valence-corrected chi connectivity index (χ0v) is 13.4. The van der Waals surface area contributed by atoms with Gasteiger partial charge in [0.15, 0.2) is 6.17 Å². The van der Waals surface area contributed by atoms with Crippen LogP contribution >= 0.6 is 0 Å². The number of allylic oxidation sites excluding steroid dienone is 2. The van der Waals surface area contributed by atoms with E-state index in [1.807, 2.05) is 0 Å². The van der Waals surface area contributed by atoms with Gasteiger partial charge in [-0.25, -0.2) is 0 Å². The first-order valence-electron chi connectivity index (χ1n) is 8.35. The fraction of sp³-hybridized carbons (Fsp3) is 0.765. The predicted molar refractivity (Wildman–Crippen MR) is 86.0 cm³/mol. The molecule has 20 heavy (non-hydrogen) atoms. The summed E-state index contributed by atoms with van der Waals surface area (Å²) in [6.45, 7) is 6.53. The predicted octanol–water partition coefficient (Wildman–Crippen LogP) is 3.52. The van der Waals surface area contributed by atoms with Gasteiger partial charge in [-0.2, -0.15) is 0 Å². The van der Waals surface area contributed by atoms with Crippen LogP contribution in [0.2, 0.25) is 0 Å². The Morgan fingerprint density at radius 1 is 1.15 bits per heavy atom. The molecule has 0 aromatic carbocycles. The molecule has 0 saturated carbocycles. The molecule has 0 aliphatic carbocycles. The molecule has 0 amide bonds. The number of quaternary nitrogens is 1. The minimum Gasteiger partial charge on any atom is -0.390 e. The molecule has 2 N–H and O–H groups in total. The van der Waals surface area contributed by atoms with E-state index in [0.717, 1.165) is 24.0 Å². The normalized spacial score (nSPS) is 25.4. The van der Waals surface area contributed by atoms with Gasteiger partial charge >= 0.3 is 0 Å². The molecule has 1 rings (SSSR count). The van der Waals surface area contributed by atoms with Crippen molar-refractivity contribution >= 4 is 0 Å². The number of likely N-dealkylation sites (N-methyl/N-ethyl adjacent to an activating group) is 1. The minimum absolute atomic E-state index is 0.264. The largest absolute Gasteiger partial charge is 0.390 e. The third-order valence-electron chi connectivity index (χ3n) is 4.39. The summed E-state index contributed by atoms with van der Waals surface area (Å²) in [6.07, 6.45) is 18.2. The summed E-state index contributed by atoms with van der Waals surface area (Å²) >= 11 is 0. The van der Waals surface area contributed by atoms with E-state index in [1.54, 1.807) is 0 Å². The summed E-state index contributed by atoms with van der Waals surface area (Å²) in [7, 11) is 0. The Bertz CT molecular complexity index is 301. The molecule has 1 heterocycles. The molecule has 2 atom stereocenters. The highest BCUT2D eigenvalue weighted by Crippen LogP contribution is 2.22. The van der Waals surface area contributed by atoms with Gasteiger partial charge in [-0.15, -0.1) is 0 Å². The second-order valence-electron chi connectivity index (χ2n) is 5.74. The van der Waals surface area contributed by atoms with Gasteiger partial charge in [0.1, 0.15) is 12.7 Å². The smallest absolute Gasteiger partial charge is 0.166 e. The van der Waals surface area contributed by atoms with Crippen LogP contribution in [0.3, 0.4) is 0 Å². The van der Waals surface area contributed by atoms with Crippen LogP contribution in [0.5, 0.6) is 0 Å². The van der Waals surface area contributed by atoms with E-state index >= 15 is 0 Å². The zero-order valence-electron chi connectivity index (χ0n) is 13.4. The van der Waals surface area contributed by atoms with E-state index in [-0.39, 0.29) is 6.61 Å². The molecule has 3 heteroatoms. The van der Waals surface area contributed by atoms with Crippen molar-refractivity contribution in [2.45, 2.75) is 65.0 Å². The molecule has 0 aromatic rings. The van der Waals surface area contributed by atoms with Crippen molar-refractivity contribution in [3.8, 4) is 0 Å². The van der Waals surface area contributed by atoms with Gasteiger partial charge in [0.2, 0.25) is 0 Å². The third-order valence-corrected chi connectivity index (χ3v) is 4.39. The molecule has 2 unspecified atom stereocenters. The lowest BCUT2D eigenvalue weighted by atomic mass is 10.1. The quantitative estimate of drug-likeness (QED) is 0.345. The number of rotatable bonds is 11. The van der Waals surface area contributed by atoms with E-state index in [4.69, 9.17) is 0 Å². The fourth-order valence-corrected chi connectivity index (χ4v) is 3.03. The topological polar surface area (TPSA) is 32.3 Å². The van der Waals surface area contributed by atoms with E-state index < -0.39 is 0 Å². The Kier molecular flexibility index (Phi) is 8.63. The van der Waals surface area contributed by atoms with Crippen LogP contribution < -0.4 is 5.32 Å². The summed E-state index contributed by atoms with van der Waals surface area (Å²) < 4.78 is 0.899. The van der Waals surface area contributed by atoms with Crippen LogP contribution in [0.25, 0.3) is 0 Å². The molecule has 0 radical (unpaired) electrons. The molecular weight excluding hydrogens is 248 g/mol. The number of nitrogens with one attached hydrogen (secondary N) is 1. The van der Waals surface area contributed by atoms with Gasteiger partial charge < -0.3 is 10.4 Å². The van der Waals surface area contributed by atoms with E-state index in [9.17, 15) is 5.11 Å². The monoisotopic (exact) mass is 281 g/mol. The first kappa shape index (κ1) is 17.3. The van der Waals surface area contributed by atoms with E-state index in [2.05, 4.69) is 43.7 Å². The molecule has 116 valence electrons. The second-order valence-corrected chi connectivity index (χ2v) is 5.74. The highest BCUT2D eigenvalue weighted by molar-refractivity contribution is 4.84. The Morgan fingerprint density at radius 2 is 1.95 bits per heavy atom. The maximum atomic E-state index is 9.27. The number of aliphatic hydroxyl groups excluding tert-OH is 1. The van der Waals surface area contributed by atoms with E-state index in [1.165, 1.54) is 38.5 Å². The summed E-state index contributed by atoms with van der Waals surface area (Å²) in [5.74, 6) is 0. The Morgan fingerprint density at radius 3 is 2.65 bits per heavy atom. The minimum atomic E-state index is 0.264. The lowest BCUT2D eigenvalue weighted by molar-refractivity contribution is -0.900.